The summed E-state index contributed by atoms with van der Waals surface area (Å²) in [7, 11) is 0. The minimum absolute atomic E-state index is 0.500. The van der Waals surface area contributed by atoms with E-state index in [9.17, 15) is 13.2 Å². The molecule has 1 heterocycles. The van der Waals surface area contributed by atoms with E-state index in [4.69, 9.17) is 0 Å². The Labute approximate surface area is 99.0 Å². The summed E-state index contributed by atoms with van der Waals surface area (Å²) < 4.78 is 38.9. The van der Waals surface area contributed by atoms with Crippen molar-refractivity contribution < 1.29 is 13.2 Å². The summed E-state index contributed by atoms with van der Waals surface area (Å²) >= 11 is 0. The zero-order valence-electron chi connectivity index (χ0n) is 10.1. The minimum Gasteiger partial charge on any atom is -0.310 e. The van der Waals surface area contributed by atoms with Crippen molar-refractivity contribution in [2.24, 2.45) is 0 Å². The van der Waals surface area contributed by atoms with Crippen LogP contribution in [0, 0.1) is 0 Å². The number of aryl methyl sites for hydroxylation is 1. The normalized spacial score (nSPS) is 13.9. The van der Waals surface area contributed by atoms with Crippen LogP contribution in [0.1, 0.15) is 38.3 Å². The molecule has 3 nitrogen and oxygen atoms in total. The Kier molecular flexibility index (Phi) is 4.99. The molecule has 0 saturated heterocycles. The summed E-state index contributed by atoms with van der Waals surface area (Å²) in [6, 6.07) is -0.703. The predicted octanol–water partition coefficient (Wildman–Crippen LogP) is 2.90. The van der Waals surface area contributed by atoms with Crippen molar-refractivity contribution >= 4 is 0 Å². The number of aromatic nitrogens is 2. The van der Waals surface area contributed by atoms with Crippen LogP contribution in [0.15, 0.2) is 12.4 Å². The SMILES string of the molecule is CCCn1cc(C(CC(F)(F)F)NCC)cn1. The van der Waals surface area contributed by atoms with Crippen molar-refractivity contribution in [3.8, 4) is 0 Å². The zero-order valence-corrected chi connectivity index (χ0v) is 10.1. The van der Waals surface area contributed by atoms with Crippen LogP contribution in [-0.4, -0.2) is 22.5 Å². The van der Waals surface area contributed by atoms with E-state index in [2.05, 4.69) is 10.4 Å². The highest BCUT2D eigenvalue weighted by molar-refractivity contribution is 5.10. The lowest BCUT2D eigenvalue weighted by molar-refractivity contribution is -0.140. The van der Waals surface area contributed by atoms with Crippen molar-refractivity contribution in [3.05, 3.63) is 18.0 Å². The molecule has 1 aromatic rings. The van der Waals surface area contributed by atoms with E-state index in [0.29, 0.717) is 12.1 Å². The molecule has 0 aliphatic rings. The summed E-state index contributed by atoms with van der Waals surface area (Å²) in [6.45, 7) is 5.02. The summed E-state index contributed by atoms with van der Waals surface area (Å²) in [5, 5.41) is 6.89. The van der Waals surface area contributed by atoms with Crippen molar-refractivity contribution in [2.75, 3.05) is 6.54 Å². The largest absolute Gasteiger partial charge is 0.390 e. The lowest BCUT2D eigenvalue weighted by atomic mass is 10.1. The van der Waals surface area contributed by atoms with Gasteiger partial charge in [-0.25, -0.2) is 0 Å². The molecule has 98 valence electrons. The summed E-state index contributed by atoms with van der Waals surface area (Å²) in [5.74, 6) is 0. The first-order chi connectivity index (χ1) is 7.96. The molecule has 0 amide bonds. The highest BCUT2D eigenvalue weighted by Gasteiger charge is 2.32. The molecular weight excluding hydrogens is 231 g/mol. The third kappa shape index (κ3) is 4.77. The Morgan fingerprint density at radius 1 is 1.41 bits per heavy atom. The van der Waals surface area contributed by atoms with Gasteiger partial charge in [-0.1, -0.05) is 13.8 Å². The van der Waals surface area contributed by atoms with Crippen LogP contribution in [-0.2, 0) is 6.54 Å². The van der Waals surface area contributed by atoms with Crippen LogP contribution < -0.4 is 5.32 Å². The van der Waals surface area contributed by atoms with Crippen LogP contribution in [0.2, 0.25) is 0 Å². The van der Waals surface area contributed by atoms with E-state index in [1.165, 1.54) is 6.20 Å². The molecule has 0 fully saturated rings. The molecule has 0 spiro atoms. The Morgan fingerprint density at radius 2 is 2.12 bits per heavy atom. The Morgan fingerprint density at radius 3 is 2.65 bits per heavy atom. The fourth-order valence-corrected chi connectivity index (χ4v) is 1.70. The highest BCUT2D eigenvalue weighted by Crippen LogP contribution is 2.29. The number of alkyl halides is 3. The van der Waals surface area contributed by atoms with Gasteiger partial charge in [-0.15, -0.1) is 0 Å². The second-order valence-electron chi connectivity index (χ2n) is 3.97. The molecule has 0 aliphatic heterocycles. The Balaban J connectivity index is 2.74. The van der Waals surface area contributed by atoms with Gasteiger partial charge in [-0.3, -0.25) is 4.68 Å². The molecule has 0 radical (unpaired) electrons. The molecule has 1 unspecified atom stereocenters. The molecule has 6 heteroatoms. The smallest absolute Gasteiger partial charge is 0.310 e. The molecule has 0 aromatic carbocycles. The first kappa shape index (κ1) is 14.0. The molecule has 0 aliphatic carbocycles. The first-order valence-electron chi connectivity index (χ1n) is 5.78. The van der Waals surface area contributed by atoms with Gasteiger partial charge >= 0.3 is 6.18 Å². The van der Waals surface area contributed by atoms with Gasteiger partial charge in [0.05, 0.1) is 12.6 Å². The van der Waals surface area contributed by atoms with Crippen LogP contribution in [0.5, 0.6) is 0 Å². The maximum Gasteiger partial charge on any atom is 0.390 e. The second-order valence-corrected chi connectivity index (χ2v) is 3.97. The van der Waals surface area contributed by atoms with Gasteiger partial charge in [-0.05, 0) is 13.0 Å². The number of nitrogens with zero attached hydrogens (tertiary/aromatic N) is 2. The molecule has 1 N–H and O–H groups in total. The number of nitrogens with one attached hydrogen (secondary N) is 1. The monoisotopic (exact) mass is 249 g/mol. The highest BCUT2D eigenvalue weighted by atomic mass is 19.4. The number of hydrogen-bond acceptors (Lipinski definition) is 2. The summed E-state index contributed by atoms with van der Waals surface area (Å²) in [4.78, 5) is 0. The van der Waals surface area contributed by atoms with E-state index in [-0.39, 0.29) is 0 Å². The number of rotatable bonds is 6. The zero-order chi connectivity index (χ0) is 12.9. The molecular formula is C11H18F3N3. The fourth-order valence-electron chi connectivity index (χ4n) is 1.70. The summed E-state index contributed by atoms with van der Waals surface area (Å²) in [5.41, 5.74) is 0.595. The average Bonchev–Trinajstić information content (AvgIpc) is 2.64. The third-order valence-electron chi connectivity index (χ3n) is 2.39. The molecule has 0 saturated carbocycles. The predicted molar refractivity (Wildman–Crippen MR) is 59.6 cm³/mol. The summed E-state index contributed by atoms with van der Waals surface area (Å²) in [6.07, 6.45) is -0.929. The maximum absolute atomic E-state index is 12.4. The van der Waals surface area contributed by atoms with E-state index >= 15 is 0 Å². The Bertz CT molecular complexity index is 333. The molecule has 0 bridgehead atoms. The quantitative estimate of drug-likeness (QED) is 0.840. The number of halogens is 3. The van der Waals surface area contributed by atoms with Crippen molar-refractivity contribution in [1.82, 2.24) is 15.1 Å². The van der Waals surface area contributed by atoms with Crippen LogP contribution in [0.4, 0.5) is 13.2 Å². The topological polar surface area (TPSA) is 29.9 Å². The van der Waals surface area contributed by atoms with Crippen molar-refractivity contribution in [2.45, 2.75) is 45.5 Å². The van der Waals surface area contributed by atoms with Crippen molar-refractivity contribution in [3.63, 3.8) is 0 Å². The van der Waals surface area contributed by atoms with Gasteiger partial charge < -0.3 is 5.32 Å². The standard InChI is InChI=1S/C11H18F3N3/c1-3-5-17-8-9(7-16-17)10(15-4-2)6-11(12,13)14/h7-8,10,15H,3-6H2,1-2H3. The minimum atomic E-state index is -4.17. The van der Waals surface area contributed by atoms with Gasteiger partial charge in [0, 0.05) is 24.3 Å². The third-order valence-corrected chi connectivity index (χ3v) is 2.39. The van der Waals surface area contributed by atoms with Crippen LogP contribution >= 0.6 is 0 Å². The lowest BCUT2D eigenvalue weighted by Gasteiger charge is -2.18. The second kappa shape index (κ2) is 6.05. The van der Waals surface area contributed by atoms with E-state index in [1.807, 2.05) is 6.92 Å². The average molecular weight is 249 g/mol. The van der Waals surface area contributed by atoms with E-state index in [1.54, 1.807) is 17.8 Å². The van der Waals surface area contributed by atoms with Gasteiger partial charge in [0.1, 0.15) is 0 Å². The van der Waals surface area contributed by atoms with Crippen LogP contribution in [0.3, 0.4) is 0 Å². The molecule has 1 aromatic heterocycles. The van der Waals surface area contributed by atoms with Gasteiger partial charge in [-0.2, -0.15) is 18.3 Å². The van der Waals surface area contributed by atoms with Crippen LogP contribution in [0.25, 0.3) is 0 Å². The van der Waals surface area contributed by atoms with Gasteiger partial charge in [0.2, 0.25) is 0 Å². The molecule has 17 heavy (non-hydrogen) atoms. The lowest BCUT2D eigenvalue weighted by Crippen LogP contribution is -2.26. The Hall–Kier alpha value is -1.04. The number of hydrogen-bond donors (Lipinski definition) is 1. The van der Waals surface area contributed by atoms with E-state index in [0.717, 1.165) is 13.0 Å². The van der Waals surface area contributed by atoms with Gasteiger partial charge in [0.15, 0.2) is 0 Å². The van der Waals surface area contributed by atoms with Crippen molar-refractivity contribution in [1.29, 1.82) is 0 Å². The van der Waals surface area contributed by atoms with E-state index < -0.39 is 18.6 Å². The first-order valence-corrected chi connectivity index (χ1v) is 5.78. The van der Waals surface area contributed by atoms with Gasteiger partial charge in [0.25, 0.3) is 0 Å². The molecule has 1 rings (SSSR count). The fraction of sp³-hybridized carbons (Fsp3) is 0.727. The molecule has 1 atom stereocenters. The maximum atomic E-state index is 12.4.